The number of rotatable bonds is 7. The van der Waals surface area contributed by atoms with E-state index in [1.54, 1.807) is 6.07 Å². The van der Waals surface area contributed by atoms with Gasteiger partial charge in [-0.1, -0.05) is 13.0 Å². The molecule has 0 unspecified atom stereocenters. The number of H-pyrrole nitrogens is 1. The van der Waals surface area contributed by atoms with E-state index in [4.69, 9.17) is 4.74 Å². The third-order valence-electron chi connectivity index (χ3n) is 4.22. The summed E-state index contributed by atoms with van der Waals surface area (Å²) in [5.74, 6) is -1.73. The minimum Gasteiger partial charge on any atom is -0.377 e. The van der Waals surface area contributed by atoms with Crippen molar-refractivity contribution < 1.29 is 14.9 Å². The number of ether oxygens (including phenoxy) is 1. The number of aliphatic hydroxyl groups is 2. The van der Waals surface area contributed by atoms with Crippen LogP contribution in [0.5, 0.6) is 0 Å². The largest absolute Gasteiger partial charge is 0.377 e. The summed E-state index contributed by atoms with van der Waals surface area (Å²) in [5.41, 5.74) is 3.88. The Morgan fingerprint density at radius 2 is 1.96 bits per heavy atom. The number of nitrogens with zero attached hydrogens (tertiary/aromatic N) is 1. The lowest BCUT2D eigenvalue weighted by atomic mass is 10.1. The minimum atomic E-state index is -1.73. The van der Waals surface area contributed by atoms with E-state index >= 15 is 0 Å². The average Bonchev–Trinajstić information content (AvgIpc) is 2.97. The number of aromatic amines is 1. The second-order valence-corrected chi connectivity index (χ2v) is 6.62. The lowest BCUT2D eigenvalue weighted by molar-refractivity contribution is -0.148. The van der Waals surface area contributed by atoms with Crippen LogP contribution in [0.25, 0.3) is 16.6 Å². The highest BCUT2D eigenvalue weighted by Gasteiger charge is 2.17. The van der Waals surface area contributed by atoms with Gasteiger partial charge in [0.25, 0.3) is 5.56 Å². The van der Waals surface area contributed by atoms with Crippen LogP contribution in [-0.4, -0.2) is 32.0 Å². The molecular weight excluding hydrogens is 320 g/mol. The summed E-state index contributed by atoms with van der Waals surface area (Å²) < 4.78 is 7.45. The van der Waals surface area contributed by atoms with E-state index < -0.39 is 5.79 Å². The number of fused-ring (bicyclic) bond motifs is 3. The summed E-state index contributed by atoms with van der Waals surface area (Å²) in [6, 6.07) is 9.50. The molecule has 0 aliphatic heterocycles. The van der Waals surface area contributed by atoms with Crippen LogP contribution in [0.1, 0.15) is 37.9 Å². The molecule has 0 aliphatic carbocycles. The smallest absolute Gasteiger partial charge is 0.272 e. The highest BCUT2D eigenvalue weighted by molar-refractivity contribution is 5.79. The summed E-state index contributed by atoms with van der Waals surface area (Å²) in [6.45, 7) is 4.63. The number of aromatic nitrogens is 2. The van der Waals surface area contributed by atoms with E-state index in [-0.39, 0.29) is 12.0 Å². The van der Waals surface area contributed by atoms with Gasteiger partial charge in [0, 0.05) is 18.7 Å². The van der Waals surface area contributed by atoms with Crippen molar-refractivity contribution in [3.8, 4) is 0 Å². The Morgan fingerprint density at radius 3 is 2.68 bits per heavy atom. The van der Waals surface area contributed by atoms with Crippen LogP contribution < -0.4 is 5.56 Å². The van der Waals surface area contributed by atoms with Gasteiger partial charge in [0.15, 0.2) is 5.79 Å². The van der Waals surface area contributed by atoms with Crippen LogP contribution in [0, 0.1) is 0 Å². The fourth-order valence-electron chi connectivity index (χ4n) is 2.99. The molecule has 0 radical (unpaired) electrons. The number of hydrogen-bond acceptors (Lipinski definition) is 4. The summed E-state index contributed by atoms with van der Waals surface area (Å²) in [4.78, 5) is 15.3. The molecular formula is C19H24N2O4. The molecule has 6 nitrogen and oxygen atoms in total. The SMILES string of the molecule is CCCOCc1ccc2c(c1)[nH]c(=O)c1ccc(CCC(C)(O)O)n12. The summed E-state index contributed by atoms with van der Waals surface area (Å²) in [7, 11) is 0. The van der Waals surface area contributed by atoms with Gasteiger partial charge < -0.3 is 24.3 Å². The molecule has 0 fully saturated rings. The first kappa shape index (κ1) is 17.7. The van der Waals surface area contributed by atoms with Crippen molar-refractivity contribution in [2.75, 3.05) is 6.61 Å². The van der Waals surface area contributed by atoms with Gasteiger partial charge in [0.1, 0.15) is 5.52 Å². The van der Waals surface area contributed by atoms with Gasteiger partial charge in [-0.25, -0.2) is 0 Å². The Morgan fingerprint density at radius 1 is 1.20 bits per heavy atom. The van der Waals surface area contributed by atoms with E-state index in [0.717, 1.165) is 28.7 Å². The maximum absolute atomic E-state index is 12.4. The Hall–Kier alpha value is -2.15. The highest BCUT2D eigenvalue weighted by Crippen LogP contribution is 2.20. The van der Waals surface area contributed by atoms with Crippen LogP contribution in [0.4, 0.5) is 0 Å². The number of nitrogens with one attached hydrogen (secondary N) is 1. The molecule has 3 N–H and O–H groups in total. The molecule has 3 aromatic rings. The summed E-state index contributed by atoms with van der Waals surface area (Å²) in [6.07, 6.45) is 1.61. The van der Waals surface area contributed by atoms with Crippen LogP contribution in [-0.2, 0) is 17.8 Å². The number of hydrogen-bond donors (Lipinski definition) is 3. The first-order valence-electron chi connectivity index (χ1n) is 8.57. The maximum atomic E-state index is 12.4. The third kappa shape index (κ3) is 3.92. The van der Waals surface area contributed by atoms with Gasteiger partial charge in [0.05, 0.1) is 17.6 Å². The van der Waals surface area contributed by atoms with Crippen molar-refractivity contribution in [2.24, 2.45) is 0 Å². The van der Waals surface area contributed by atoms with Crippen molar-refractivity contribution in [2.45, 2.75) is 45.5 Å². The molecule has 2 heterocycles. The zero-order chi connectivity index (χ0) is 18.0. The molecule has 25 heavy (non-hydrogen) atoms. The molecule has 0 saturated heterocycles. The molecule has 134 valence electrons. The van der Waals surface area contributed by atoms with Crippen molar-refractivity contribution in [3.63, 3.8) is 0 Å². The van der Waals surface area contributed by atoms with Crippen LogP contribution in [0.2, 0.25) is 0 Å². The fourth-order valence-corrected chi connectivity index (χ4v) is 2.99. The second-order valence-electron chi connectivity index (χ2n) is 6.62. The zero-order valence-electron chi connectivity index (χ0n) is 14.6. The van der Waals surface area contributed by atoms with Crippen molar-refractivity contribution >= 4 is 16.6 Å². The normalized spacial score (nSPS) is 12.3. The van der Waals surface area contributed by atoms with Gasteiger partial charge in [0.2, 0.25) is 0 Å². The van der Waals surface area contributed by atoms with Crippen LogP contribution >= 0.6 is 0 Å². The average molecular weight is 344 g/mol. The maximum Gasteiger partial charge on any atom is 0.272 e. The van der Waals surface area contributed by atoms with Gasteiger partial charge in [-0.15, -0.1) is 0 Å². The lowest BCUT2D eigenvalue weighted by Gasteiger charge is -2.15. The van der Waals surface area contributed by atoms with Gasteiger partial charge in [-0.05, 0) is 49.6 Å². The quantitative estimate of drug-likeness (QED) is 0.453. The molecule has 0 atom stereocenters. The van der Waals surface area contributed by atoms with Gasteiger partial charge in [-0.3, -0.25) is 4.79 Å². The predicted octanol–water partition coefficient (Wildman–Crippen LogP) is 2.34. The Labute approximate surface area is 145 Å². The summed E-state index contributed by atoms with van der Waals surface area (Å²) >= 11 is 0. The Kier molecular flexibility index (Phi) is 4.94. The first-order chi connectivity index (χ1) is 11.9. The Balaban J connectivity index is 2.03. The molecule has 0 saturated carbocycles. The topological polar surface area (TPSA) is 87.0 Å². The molecule has 0 bridgehead atoms. The van der Waals surface area contributed by atoms with Gasteiger partial charge >= 0.3 is 0 Å². The monoisotopic (exact) mass is 344 g/mol. The van der Waals surface area contributed by atoms with E-state index in [9.17, 15) is 15.0 Å². The molecule has 1 aromatic carbocycles. The number of aryl methyl sites for hydroxylation is 1. The molecule has 0 aliphatic rings. The molecule has 6 heteroatoms. The number of benzene rings is 1. The minimum absolute atomic E-state index is 0.166. The van der Waals surface area contributed by atoms with Crippen molar-refractivity contribution in [1.82, 2.24) is 9.38 Å². The predicted molar refractivity (Wildman–Crippen MR) is 96.6 cm³/mol. The molecule has 0 amide bonds. The van der Waals surface area contributed by atoms with E-state index in [1.807, 2.05) is 28.7 Å². The highest BCUT2D eigenvalue weighted by atomic mass is 16.5. The molecule has 0 spiro atoms. The van der Waals surface area contributed by atoms with Crippen LogP contribution in [0.15, 0.2) is 35.1 Å². The van der Waals surface area contributed by atoms with Gasteiger partial charge in [-0.2, -0.15) is 0 Å². The van der Waals surface area contributed by atoms with E-state index in [2.05, 4.69) is 11.9 Å². The second kappa shape index (κ2) is 7.00. The van der Waals surface area contributed by atoms with Crippen molar-refractivity contribution in [1.29, 1.82) is 0 Å². The van der Waals surface area contributed by atoms with E-state index in [0.29, 0.717) is 25.2 Å². The van der Waals surface area contributed by atoms with Crippen LogP contribution in [0.3, 0.4) is 0 Å². The fraction of sp³-hybridized carbons (Fsp3) is 0.421. The van der Waals surface area contributed by atoms with E-state index in [1.165, 1.54) is 6.92 Å². The third-order valence-corrected chi connectivity index (χ3v) is 4.22. The Bertz CT molecular complexity index is 934. The molecule has 2 aromatic heterocycles. The lowest BCUT2D eigenvalue weighted by Crippen LogP contribution is -2.23. The zero-order valence-corrected chi connectivity index (χ0v) is 14.6. The first-order valence-corrected chi connectivity index (χ1v) is 8.57. The molecule has 3 rings (SSSR count). The summed E-state index contributed by atoms with van der Waals surface area (Å²) in [5, 5.41) is 19.1. The van der Waals surface area contributed by atoms with Crippen molar-refractivity contribution in [3.05, 3.63) is 51.9 Å². The standard InChI is InChI=1S/C19H24N2O4/c1-3-10-25-12-13-4-6-16-15(11-13)20-18(22)17-7-5-14(21(16)17)8-9-19(2,23)24/h4-7,11,23-24H,3,8-10,12H2,1-2H3,(H,20,22).